The number of hydrogen-bond donors (Lipinski definition) is 0. The number of halogens is 1. The van der Waals surface area contributed by atoms with Gasteiger partial charge < -0.3 is 0 Å². The molecule has 0 nitrogen and oxygen atoms in total. The average molecular weight is 421 g/mol. The van der Waals surface area contributed by atoms with E-state index >= 15 is 0 Å². The lowest BCUT2D eigenvalue weighted by molar-refractivity contribution is 0.591. The molecule has 152 valence electrons. The minimum absolute atomic E-state index is 0.0734. The third-order valence-electron chi connectivity index (χ3n) is 6.09. The van der Waals surface area contributed by atoms with Crippen molar-refractivity contribution in [3.8, 4) is 22.3 Å². The van der Waals surface area contributed by atoms with Crippen molar-refractivity contribution < 1.29 is 0 Å². The van der Waals surface area contributed by atoms with Gasteiger partial charge in [-0.1, -0.05) is 111 Å². The molecule has 0 bridgehead atoms. The van der Waals surface area contributed by atoms with Crippen LogP contribution in [0.25, 0.3) is 43.8 Å². The minimum atomic E-state index is 0.0734. The van der Waals surface area contributed by atoms with E-state index in [1.165, 1.54) is 49.4 Å². The molecule has 0 aliphatic rings. The number of rotatable bonds is 2. The predicted octanol–water partition coefficient (Wildman–Crippen LogP) is 9.28. The lowest BCUT2D eigenvalue weighted by Crippen LogP contribution is -2.10. The van der Waals surface area contributed by atoms with E-state index in [4.69, 9.17) is 11.6 Å². The van der Waals surface area contributed by atoms with Gasteiger partial charge in [-0.05, 0) is 73.0 Å². The lowest BCUT2D eigenvalue weighted by Gasteiger charge is -2.23. The Hall–Kier alpha value is -3.09. The summed E-state index contributed by atoms with van der Waals surface area (Å²) in [6.07, 6.45) is 0. The average Bonchev–Trinajstić information content (AvgIpc) is 2.78. The molecule has 1 heteroatoms. The first kappa shape index (κ1) is 19.8. The van der Waals surface area contributed by atoms with Crippen LogP contribution in [0.15, 0.2) is 97.1 Å². The lowest BCUT2D eigenvalue weighted by atomic mass is 9.81. The van der Waals surface area contributed by atoms with Crippen LogP contribution in [0.3, 0.4) is 0 Å². The molecule has 0 fully saturated rings. The molecule has 0 N–H and O–H groups in total. The fourth-order valence-electron chi connectivity index (χ4n) is 4.49. The quantitative estimate of drug-likeness (QED) is 0.249. The second-order valence-electron chi connectivity index (χ2n) is 9.18. The Balaban J connectivity index is 2.00. The summed E-state index contributed by atoms with van der Waals surface area (Å²) in [6.45, 7) is 6.82. The standard InChI is InChI=1S/C30H25Cl/c1-30(2,3)22-15-18-26-27(19-22)29(21-13-16-23(31)17-14-21)25-12-8-7-11-24(25)28(26)20-9-5-4-6-10-20/h4-19H,1-3H3. The van der Waals surface area contributed by atoms with Crippen LogP contribution in [-0.2, 0) is 5.41 Å². The van der Waals surface area contributed by atoms with E-state index in [-0.39, 0.29) is 5.41 Å². The van der Waals surface area contributed by atoms with Crippen molar-refractivity contribution in [2.45, 2.75) is 26.2 Å². The molecule has 0 saturated carbocycles. The molecule has 0 aromatic heterocycles. The van der Waals surface area contributed by atoms with Gasteiger partial charge in [0, 0.05) is 5.02 Å². The first-order valence-electron chi connectivity index (χ1n) is 10.7. The fraction of sp³-hybridized carbons (Fsp3) is 0.133. The Morgan fingerprint density at radius 3 is 1.65 bits per heavy atom. The predicted molar refractivity (Wildman–Crippen MR) is 136 cm³/mol. The molecule has 0 amide bonds. The van der Waals surface area contributed by atoms with Crippen molar-refractivity contribution in [2.75, 3.05) is 0 Å². The smallest absolute Gasteiger partial charge is 0.0406 e. The zero-order valence-corrected chi connectivity index (χ0v) is 18.9. The molecule has 0 atom stereocenters. The second-order valence-corrected chi connectivity index (χ2v) is 9.62. The molecule has 5 rings (SSSR count). The topological polar surface area (TPSA) is 0 Å². The summed E-state index contributed by atoms with van der Waals surface area (Å²) in [4.78, 5) is 0. The zero-order chi connectivity index (χ0) is 21.6. The molecule has 0 heterocycles. The van der Waals surface area contributed by atoms with E-state index in [2.05, 4.69) is 106 Å². The van der Waals surface area contributed by atoms with Crippen LogP contribution < -0.4 is 0 Å². The fourth-order valence-corrected chi connectivity index (χ4v) is 4.61. The summed E-state index contributed by atoms with van der Waals surface area (Å²) in [5.74, 6) is 0. The largest absolute Gasteiger partial charge is 0.0843 e. The van der Waals surface area contributed by atoms with E-state index in [1.54, 1.807) is 0 Å². The summed E-state index contributed by atoms with van der Waals surface area (Å²) in [5.41, 5.74) is 6.41. The van der Waals surface area contributed by atoms with Gasteiger partial charge in [0.15, 0.2) is 0 Å². The van der Waals surface area contributed by atoms with Crippen LogP contribution in [0.1, 0.15) is 26.3 Å². The van der Waals surface area contributed by atoms with E-state index in [9.17, 15) is 0 Å². The Bertz CT molecular complexity index is 1390. The van der Waals surface area contributed by atoms with Gasteiger partial charge in [-0.2, -0.15) is 0 Å². The van der Waals surface area contributed by atoms with Crippen molar-refractivity contribution in [1.29, 1.82) is 0 Å². The van der Waals surface area contributed by atoms with Gasteiger partial charge in [0.05, 0.1) is 0 Å². The molecule has 0 saturated heterocycles. The van der Waals surface area contributed by atoms with Crippen LogP contribution >= 0.6 is 11.6 Å². The zero-order valence-electron chi connectivity index (χ0n) is 18.1. The monoisotopic (exact) mass is 420 g/mol. The van der Waals surface area contributed by atoms with Gasteiger partial charge in [-0.25, -0.2) is 0 Å². The van der Waals surface area contributed by atoms with E-state index in [0.717, 1.165) is 5.02 Å². The van der Waals surface area contributed by atoms with Crippen molar-refractivity contribution in [1.82, 2.24) is 0 Å². The SMILES string of the molecule is CC(C)(C)c1ccc2c(-c3ccccc3)c3ccccc3c(-c3ccc(Cl)cc3)c2c1. The highest BCUT2D eigenvalue weighted by atomic mass is 35.5. The molecule has 0 aliphatic carbocycles. The van der Waals surface area contributed by atoms with Crippen molar-refractivity contribution in [2.24, 2.45) is 0 Å². The summed E-state index contributed by atoms with van der Waals surface area (Å²) in [6, 6.07) is 34.7. The first-order valence-corrected chi connectivity index (χ1v) is 11.1. The number of fused-ring (bicyclic) bond motifs is 2. The van der Waals surface area contributed by atoms with Crippen LogP contribution in [-0.4, -0.2) is 0 Å². The maximum atomic E-state index is 6.23. The van der Waals surface area contributed by atoms with Crippen molar-refractivity contribution in [3.05, 3.63) is 108 Å². The third kappa shape index (κ3) is 3.52. The van der Waals surface area contributed by atoms with Crippen molar-refractivity contribution >= 4 is 33.1 Å². The highest BCUT2D eigenvalue weighted by molar-refractivity contribution is 6.30. The molecule has 0 aliphatic heterocycles. The minimum Gasteiger partial charge on any atom is -0.0843 e. The molecule has 31 heavy (non-hydrogen) atoms. The van der Waals surface area contributed by atoms with Gasteiger partial charge in [0.25, 0.3) is 0 Å². The molecular weight excluding hydrogens is 396 g/mol. The number of benzene rings is 5. The van der Waals surface area contributed by atoms with Crippen LogP contribution in [0.4, 0.5) is 0 Å². The highest BCUT2D eigenvalue weighted by Crippen LogP contribution is 2.44. The molecule has 5 aromatic rings. The maximum Gasteiger partial charge on any atom is 0.0406 e. The maximum absolute atomic E-state index is 6.23. The van der Waals surface area contributed by atoms with Crippen LogP contribution in [0.5, 0.6) is 0 Å². The van der Waals surface area contributed by atoms with Gasteiger partial charge >= 0.3 is 0 Å². The normalized spacial score (nSPS) is 11.9. The Labute approximate surface area is 189 Å². The Morgan fingerprint density at radius 2 is 1.03 bits per heavy atom. The van der Waals surface area contributed by atoms with E-state index in [0.29, 0.717) is 0 Å². The van der Waals surface area contributed by atoms with Gasteiger partial charge in [0.2, 0.25) is 0 Å². The van der Waals surface area contributed by atoms with Crippen LogP contribution in [0, 0.1) is 0 Å². The second kappa shape index (κ2) is 7.55. The summed E-state index contributed by atoms with van der Waals surface area (Å²) >= 11 is 6.23. The van der Waals surface area contributed by atoms with E-state index in [1.807, 2.05) is 12.1 Å². The van der Waals surface area contributed by atoms with Crippen LogP contribution in [0.2, 0.25) is 5.02 Å². The molecule has 0 spiro atoms. The first-order chi connectivity index (χ1) is 14.9. The Morgan fingerprint density at radius 1 is 0.516 bits per heavy atom. The van der Waals surface area contributed by atoms with Gasteiger partial charge in [-0.15, -0.1) is 0 Å². The Kier molecular flexibility index (Phi) is 4.84. The molecule has 5 aromatic carbocycles. The third-order valence-corrected chi connectivity index (χ3v) is 6.34. The summed E-state index contributed by atoms with van der Waals surface area (Å²) in [7, 11) is 0. The summed E-state index contributed by atoms with van der Waals surface area (Å²) < 4.78 is 0. The summed E-state index contributed by atoms with van der Waals surface area (Å²) in [5, 5.41) is 5.86. The molecule has 0 unspecified atom stereocenters. The van der Waals surface area contributed by atoms with Gasteiger partial charge in [-0.3, -0.25) is 0 Å². The highest BCUT2D eigenvalue weighted by Gasteiger charge is 2.20. The number of hydrogen-bond acceptors (Lipinski definition) is 0. The van der Waals surface area contributed by atoms with E-state index < -0.39 is 0 Å². The van der Waals surface area contributed by atoms with Gasteiger partial charge in [0.1, 0.15) is 0 Å². The molecule has 0 radical (unpaired) electrons. The van der Waals surface area contributed by atoms with Crippen molar-refractivity contribution in [3.63, 3.8) is 0 Å². The molecular formula is C30H25Cl.